The molecule has 1 saturated heterocycles. The third-order valence-corrected chi connectivity index (χ3v) is 3.80. The summed E-state index contributed by atoms with van der Waals surface area (Å²) in [5.74, 6) is 1.29. The summed E-state index contributed by atoms with van der Waals surface area (Å²) in [5, 5.41) is 3.05. The highest BCUT2D eigenvalue weighted by atomic mass is 16.2. The van der Waals surface area contributed by atoms with Crippen LogP contribution in [0, 0.1) is 11.8 Å². The van der Waals surface area contributed by atoms with E-state index in [9.17, 15) is 4.79 Å². The predicted molar refractivity (Wildman–Crippen MR) is 70.7 cm³/mol. The maximum Gasteiger partial charge on any atom is 0.234 e. The summed E-state index contributed by atoms with van der Waals surface area (Å²) < 4.78 is 0. The first kappa shape index (κ1) is 14.5. The molecule has 0 bridgehead atoms. The molecule has 1 fully saturated rings. The van der Waals surface area contributed by atoms with Crippen LogP contribution in [-0.2, 0) is 4.79 Å². The van der Waals surface area contributed by atoms with E-state index in [2.05, 4.69) is 31.0 Å². The van der Waals surface area contributed by atoms with Gasteiger partial charge in [-0.3, -0.25) is 9.69 Å². The first-order valence-corrected chi connectivity index (χ1v) is 6.74. The van der Waals surface area contributed by atoms with Gasteiger partial charge in [-0.15, -0.1) is 0 Å². The minimum atomic E-state index is 0.150. The maximum atomic E-state index is 11.8. The standard InChI is InChI=1S/C13H27N3O/c1-10(2)11(3)15-13(17)9-16-6-4-12(8-14)5-7-16/h10-12H,4-9,14H2,1-3H3,(H,15,17). The second-order valence-corrected chi connectivity index (χ2v) is 5.56. The van der Waals surface area contributed by atoms with Crippen LogP contribution in [0.1, 0.15) is 33.6 Å². The van der Waals surface area contributed by atoms with E-state index >= 15 is 0 Å². The second-order valence-electron chi connectivity index (χ2n) is 5.56. The largest absolute Gasteiger partial charge is 0.352 e. The summed E-state index contributed by atoms with van der Waals surface area (Å²) in [7, 11) is 0. The molecule has 3 N–H and O–H groups in total. The average molecular weight is 241 g/mol. The van der Waals surface area contributed by atoms with Crippen LogP contribution in [0.2, 0.25) is 0 Å². The molecule has 0 aromatic rings. The normalized spacial score (nSPS) is 20.5. The SMILES string of the molecule is CC(C)C(C)NC(=O)CN1CCC(CN)CC1. The Morgan fingerprint density at radius 1 is 1.35 bits per heavy atom. The molecule has 17 heavy (non-hydrogen) atoms. The number of piperidine rings is 1. The van der Waals surface area contributed by atoms with Crippen molar-refractivity contribution in [2.24, 2.45) is 17.6 Å². The molecule has 0 spiro atoms. The minimum absolute atomic E-state index is 0.150. The number of nitrogens with zero attached hydrogens (tertiary/aromatic N) is 1. The van der Waals surface area contributed by atoms with Gasteiger partial charge in [0.25, 0.3) is 0 Å². The minimum Gasteiger partial charge on any atom is -0.352 e. The van der Waals surface area contributed by atoms with E-state index in [1.54, 1.807) is 0 Å². The molecule has 0 aromatic heterocycles. The summed E-state index contributed by atoms with van der Waals surface area (Å²) in [5.41, 5.74) is 5.65. The van der Waals surface area contributed by atoms with E-state index in [0.717, 1.165) is 32.5 Å². The summed E-state index contributed by atoms with van der Waals surface area (Å²) in [6.07, 6.45) is 2.26. The molecule has 0 aliphatic carbocycles. The molecular weight excluding hydrogens is 214 g/mol. The number of carbonyl (C=O) groups excluding carboxylic acids is 1. The van der Waals surface area contributed by atoms with Crippen molar-refractivity contribution < 1.29 is 4.79 Å². The predicted octanol–water partition coefficient (Wildman–Crippen LogP) is 0.818. The quantitative estimate of drug-likeness (QED) is 0.749. The molecule has 1 aliphatic rings. The lowest BCUT2D eigenvalue weighted by Gasteiger charge is -2.31. The first-order valence-electron chi connectivity index (χ1n) is 6.74. The smallest absolute Gasteiger partial charge is 0.234 e. The summed E-state index contributed by atoms with van der Waals surface area (Å²) in [4.78, 5) is 14.0. The Kier molecular flexibility index (Phi) is 5.92. The van der Waals surface area contributed by atoms with Crippen molar-refractivity contribution in [1.82, 2.24) is 10.2 Å². The fraction of sp³-hybridized carbons (Fsp3) is 0.923. The number of rotatable bonds is 5. The molecule has 1 unspecified atom stereocenters. The fourth-order valence-electron chi connectivity index (χ4n) is 2.05. The Labute approximate surface area is 105 Å². The van der Waals surface area contributed by atoms with Crippen LogP contribution in [0.4, 0.5) is 0 Å². The zero-order valence-electron chi connectivity index (χ0n) is 11.4. The van der Waals surface area contributed by atoms with Crippen LogP contribution in [0.3, 0.4) is 0 Å². The number of hydrogen-bond donors (Lipinski definition) is 2. The van der Waals surface area contributed by atoms with Gasteiger partial charge in [0.05, 0.1) is 6.54 Å². The molecule has 4 heteroatoms. The summed E-state index contributed by atoms with van der Waals surface area (Å²) in [6.45, 7) is 9.63. The van der Waals surface area contributed by atoms with Crippen molar-refractivity contribution in [3.63, 3.8) is 0 Å². The van der Waals surface area contributed by atoms with E-state index in [0.29, 0.717) is 18.4 Å². The number of nitrogens with one attached hydrogen (secondary N) is 1. The van der Waals surface area contributed by atoms with E-state index in [1.807, 2.05) is 0 Å². The number of carbonyl (C=O) groups is 1. The molecule has 0 aromatic carbocycles. The number of nitrogens with two attached hydrogens (primary N) is 1. The molecular formula is C13H27N3O. The van der Waals surface area contributed by atoms with E-state index < -0.39 is 0 Å². The summed E-state index contributed by atoms with van der Waals surface area (Å²) in [6, 6.07) is 0.254. The van der Waals surface area contributed by atoms with Crippen molar-refractivity contribution >= 4 is 5.91 Å². The Hall–Kier alpha value is -0.610. The Balaban J connectivity index is 2.23. The third kappa shape index (κ3) is 5.04. The number of amides is 1. The van der Waals surface area contributed by atoms with E-state index in [1.165, 1.54) is 0 Å². The molecule has 0 radical (unpaired) electrons. The van der Waals surface area contributed by atoms with E-state index in [-0.39, 0.29) is 11.9 Å². The van der Waals surface area contributed by atoms with Crippen molar-refractivity contribution in [3.8, 4) is 0 Å². The van der Waals surface area contributed by atoms with Crippen molar-refractivity contribution in [2.45, 2.75) is 39.7 Å². The summed E-state index contributed by atoms with van der Waals surface area (Å²) >= 11 is 0. The van der Waals surface area contributed by atoms with Gasteiger partial charge in [-0.05, 0) is 51.2 Å². The monoisotopic (exact) mass is 241 g/mol. The lowest BCUT2D eigenvalue weighted by molar-refractivity contribution is -0.123. The van der Waals surface area contributed by atoms with Crippen LogP contribution in [0.5, 0.6) is 0 Å². The van der Waals surface area contributed by atoms with Crippen LogP contribution < -0.4 is 11.1 Å². The Morgan fingerprint density at radius 2 is 1.94 bits per heavy atom. The van der Waals surface area contributed by atoms with Gasteiger partial charge < -0.3 is 11.1 Å². The van der Waals surface area contributed by atoms with E-state index in [4.69, 9.17) is 5.73 Å². The molecule has 1 aliphatic heterocycles. The maximum absolute atomic E-state index is 11.8. The molecule has 1 amide bonds. The number of hydrogen-bond acceptors (Lipinski definition) is 3. The molecule has 4 nitrogen and oxygen atoms in total. The van der Waals surface area contributed by atoms with Gasteiger partial charge in [-0.1, -0.05) is 13.8 Å². The fourth-order valence-corrected chi connectivity index (χ4v) is 2.05. The number of likely N-dealkylation sites (tertiary alicyclic amines) is 1. The zero-order chi connectivity index (χ0) is 12.8. The second kappa shape index (κ2) is 6.97. The Bertz CT molecular complexity index is 235. The van der Waals surface area contributed by atoms with Gasteiger partial charge in [-0.2, -0.15) is 0 Å². The van der Waals surface area contributed by atoms with Gasteiger partial charge in [0.2, 0.25) is 5.91 Å². The Morgan fingerprint density at radius 3 is 2.41 bits per heavy atom. The molecule has 1 heterocycles. The van der Waals surface area contributed by atoms with Crippen molar-refractivity contribution in [1.29, 1.82) is 0 Å². The lowest BCUT2D eigenvalue weighted by atomic mass is 9.97. The van der Waals surface area contributed by atoms with Crippen molar-refractivity contribution in [3.05, 3.63) is 0 Å². The first-order chi connectivity index (χ1) is 8.02. The zero-order valence-corrected chi connectivity index (χ0v) is 11.4. The van der Waals surface area contributed by atoms with Gasteiger partial charge in [0, 0.05) is 6.04 Å². The topological polar surface area (TPSA) is 58.4 Å². The van der Waals surface area contributed by atoms with Gasteiger partial charge in [0.15, 0.2) is 0 Å². The van der Waals surface area contributed by atoms with Crippen LogP contribution in [0.25, 0.3) is 0 Å². The molecule has 1 rings (SSSR count). The van der Waals surface area contributed by atoms with Gasteiger partial charge in [0.1, 0.15) is 0 Å². The van der Waals surface area contributed by atoms with Crippen LogP contribution in [-0.4, -0.2) is 43.0 Å². The molecule has 100 valence electrons. The van der Waals surface area contributed by atoms with Crippen LogP contribution in [0.15, 0.2) is 0 Å². The van der Waals surface area contributed by atoms with Gasteiger partial charge >= 0.3 is 0 Å². The highest BCUT2D eigenvalue weighted by Gasteiger charge is 2.20. The highest BCUT2D eigenvalue weighted by Crippen LogP contribution is 2.15. The van der Waals surface area contributed by atoms with Gasteiger partial charge in [-0.25, -0.2) is 0 Å². The average Bonchev–Trinajstić information content (AvgIpc) is 2.29. The third-order valence-electron chi connectivity index (χ3n) is 3.80. The molecule has 1 atom stereocenters. The lowest BCUT2D eigenvalue weighted by Crippen LogP contribution is -2.45. The highest BCUT2D eigenvalue weighted by molar-refractivity contribution is 5.78. The molecule has 0 saturated carbocycles. The van der Waals surface area contributed by atoms with Crippen molar-refractivity contribution in [2.75, 3.05) is 26.2 Å². The van der Waals surface area contributed by atoms with Crippen LogP contribution >= 0.6 is 0 Å².